The average molecular weight is 364 g/mol. The average Bonchev–Trinajstić information content (AvgIpc) is 3.03. The van der Waals surface area contributed by atoms with Crippen molar-refractivity contribution in [2.45, 2.75) is 33.1 Å². The van der Waals surface area contributed by atoms with Gasteiger partial charge in [0.2, 0.25) is 0 Å². The predicted molar refractivity (Wildman–Crippen MR) is 112 cm³/mol. The smallest absolute Gasteiger partial charge is 0.130 e. The number of hydrogen-bond acceptors (Lipinski definition) is 3. The van der Waals surface area contributed by atoms with Gasteiger partial charge in [0.1, 0.15) is 17.0 Å². The molecule has 0 fully saturated rings. The van der Waals surface area contributed by atoms with Gasteiger partial charge < -0.3 is 9.47 Å². The Hall–Kier alpha value is -2.75. The van der Waals surface area contributed by atoms with Crippen molar-refractivity contribution in [2.24, 2.45) is 7.05 Å². The molecular formula is C23H28N2O2. The first kappa shape index (κ1) is 19.0. The fourth-order valence-electron chi connectivity index (χ4n) is 3.67. The Bertz CT molecular complexity index is 970. The molecule has 0 radical (unpaired) electrons. The molecule has 0 saturated heterocycles. The van der Waals surface area contributed by atoms with Gasteiger partial charge in [0.25, 0.3) is 0 Å². The van der Waals surface area contributed by atoms with E-state index < -0.39 is 0 Å². The van der Waals surface area contributed by atoms with E-state index >= 15 is 0 Å². The van der Waals surface area contributed by atoms with Crippen molar-refractivity contribution >= 4 is 16.5 Å². The predicted octanol–water partition coefficient (Wildman–Crippen LogP) is 5.85. The van der Waals surface area contributed by atoms with E-state index in [-0.39, 0.29) is 0 Å². The first-order valence-electron chi connectivity index (χ1n) is 9.52. The summed E-state index contributed by atoms with van der Waals surface area (Å²) in [7, 11) is 5.38. The van der Waals surface area contributed by atoms with Crippen molar-refractivity contribution in [1.29, 1.82) is 0 Å². The van der Waals surface area contributed by atoms with Crippen molar-refractivity contribution < 1.29 is 9.47 Å². The Balaban J connectivity index is 2.23. The second kappa shape index (κ2) is 8.30. The highest BCUT2D eigenvalue weighted by atomic mass is 16.5. The molecule has 0 aliphatic heterocycles. The molecule has 0 bridgehead atoms. The second-order valence-electron chi connectivity index (χ2n) is 6.63. The minimum Gasteiger partial charge on any atom is -0.497 e. The molecule has 0 unspecified atom stereocenters. The summed E-state index contributed by atoms with van der Waals surface area (Å²) in [5.74, 6) is 1.56. The Morgan fingerprint density at radius 2 is 1.89 bits per heavy atom. The van der Waals surface area contributed by atoms with E-state index in [9.17, 15) is 0 Å². The molecular weight excluding hydrogens is 336 g/mol. The van der Waals surface area contributed by atoms with Crippen LogP contribution in [0.25, 0.3) is 27.6 Å². The van der Waals surface area contributed by atoms with Gasteiger partial charge in [0.05, 0.1) is 19.9 Å². The number of nitrogens with zero attached hydrogens (tertiary/aromatic N) is 2. The lowest BCUT2D eigenvalue weighted by Crippen LogP contribution is -1.98. The van der Waals surface area contributed by atoms with Crippen LogP contribution in [0, 0.1) is 0 Å². The fourth-order valence-corrected chi connectivity index (χ4v) is 3.67. The topological polar surface area (TPSA) is 36.3 Å². The summed E-state index contributed by atoms with van der Waals surface area (Å²) in [6.45, 7) is 4.40. The van der Waals surface area contributed by atoms with Gasteiger partial charge in [-0.05, 0) is 30.5 Å². The summed E-state index contributed by atoms with van der Waals surface area (Å²) in [5, 5.41) is 6.06. The molecule has 27 heavy (non-hydrogen) atoms. The maximum absolute atomic E-state index is 5.63. The van der Waals surface area contributed by atoms with Gasteiger partial charge in [-0.3, -0.25) is 4.68 Å². The molecule has 142 valence electrons. The van der Waals surface area contributed by atoms with Crippen molar-refractivity contribution in [3.05, 3.63) is 48.2 Å². The monoisotopic (exact) mass is 364 g/mol. The number of rotatable bonds is 7. The number of ether oxygens (including phenoxy) is 2. The summed E-state index contributed by atoms with van der Waals surface area (Å²) in [4.78, 5) is 0. The van der Waals surface area contributed by atoms with Gasteiger partial charge in [-0.1, -0.05) is 44.5 Å². The highest BCUT2D eigenvalue weighted by Crippen LogP contribution is 2.38. The van der Waals surface area contributed by atoms with E-state index in [0.717, 1.165) is 47.4 Å². The highest BCUT2D eigenvalue weighted by molar-refractivity contribution is 6.00. The van der Waals surface area contributed by atoms with Gasteiger partial charge in [0.15, 0.2) is 0 Å². The Morgan fingerprint density at radius 3 is 2.56 bits per heavy atom. The molecule has 1 aromatic heterocycles. The number of fused-ring (bicyclic) bond motifs is 1. The lowest BCUT2D eigenvalue weighted by molar-refractivity contribution is 0.395. The number of aromatic nitrogens is 2. The minimum atomic E-state index is 0.778. The SMILES string of the molecule is CC/C=C(\CCC)c1c2cccc(-c3ccc(OC)cc3OC)c2nn1C. The molecule has 4 nitrogen and oxygen atoms in total. The molecule has 0 aliphatic rings. The molecule has 0 atom stereocenters. The van der Waals surface area contributed by atoms with Crippen LogP contribution < -0.4 is 9.47 Å². The molecule has 4 heteroatoms. The third-order valence-electron chi connectivity index (χ3n) is 4.84. The number of methoxy groups -OCH3 is 2. The molecule has 0 amide bonds. The number of aryl methyl sites for hydroxylation is 1. The maximum Gasteiger partial charge on any atom is 0.130 e. The number of allylic oxidation sites excluding steroid dienone is 2. The Kier molecular flexibility index (Phi) is 5.84. The lowest BCUT2D eigenvalue weighted by Gasteiger charge is -2.11. The first-order chi connectivity index (χ1) is 13.1. The van der Waals surface area contributed by atoms with Gasteiger partial charge in [0, 0.05) is 29.6 Å². The van der Waals surface area contributed by atoms with Crippen molar-refractivity contribution in [2.75, 3.05) is 14.2 Å². The molecule has 0 saturated carbocycles. The zero-order valence-electron chi connectivity index (χ0n) is 16.9. The zero-order valence-corrected chi connectivity index (χ0v) is 16.9. The highest BCUT2D eigenvalue weighted by Gasteiger charge is 2.18. The van der Waals surface area contributed by atoms with Gasteiger partial charge in [-0.25, -0.2) is 0 Å². The number of benzene rings is 2. The Labute approximate surface area is 161 Å². The molecule has 2 aromatic carbocycles. The van der Waals surface area contributed by atoms with Crippen LogP contribution in [-0.4, -0.2) is 24.0 Å². The van der Waals surface area contributed by atoms with E-state index in [0.29, 0.717) is 0 Å². The molecule has 3 aromatic rings. The summed E-state index contributed by atoms with van der Waals surface area (Å²) in [6, 6.07) is 12.3. The van der Waals surface area contributed by atoms with Crippen LogP contribution in [-0.2, 0) is 7.05 Å². The van der Waals surface area contributed by atoms with Crippen LogP contribution in [0.3, 0.4) is 0 Å². The minimum absolute atomic E-state index is 0.778. The van der Waals surface area contributed by atoms with Crippen molar-refractivity contribution in [3.63, 3.8) is 0 Å². The van der Waals surface area contributed by atoms with Crippen LogP contribution in [0.2, 0.25) is 0 Å². The zero-order chi connectivity index (χ0) is 19.4. The third-order valence-corrected chi connectivity index (χ3v) is 4.84. The van der Waals surface area contributed by atoms with Crippen LogP contribution in [0.4, 0.5) is 0 Å². The molecule has 3 rings (SSSR count). The van der Waals surface area contributed by atoms with E-state index in [2.05, 4.69) is 38.1 Å². The van der Waals surface area contributed by atoms with Gasteiger partial charge in [-0.15, -0.1) is 0 Å². The Morgan fingerprint density at radius 1 is 1.07 bits per heavy atom. The third kappa shape index (κ3) is 3.57. The van der Waals surface area contributed by atoms with E-state index in [1.54, 1.807) is 14.2 Å². The van der Waals surface area contributed by atoms with Crippen LogP contribution in [0.15, 0.2) is 42.5 Å². The second-order valence-corrected chi connectivity index (χ2v) is 6.63. The quantitative estimate of drug-likeness (QED) is 0.527. The standard InChI is InChI=1S/C23H28N2O2/c1-6-9-16(10-7-2)23-20-12-8-11-19(22(20)24-25(23)3)18-14-13-17(26-4)15-21(18)27-5/h8-9,11-15H,6-7,10H2,1-5H3/b16-9+. The van der Waals surface area contributed by atoms with Crippen LogP contribution in [0.5, 0.6) is 11.5 Å². The summed E-state index contributed by atoms with van der Waals surface area (Å²) in [6.07, 6.45) is 5.51. The molecule has 1 heterocycles. The first-order valence-corrected chi connectivity index (χ1v) is 9.52. The maximum atomic E-state index is 5.63. The summed E-state index contributed by atoms with van der Waals surface area (Å²) < 4.78 is 13.0. The lowest BCUT2D eigenvalue weighted by atomic mass is 9.98. The van der Waals surface area contributed by atoms with Gasteiger partial charge in [-0.2, -0.15) is 5.10 Å². The van der Waals surface area contributed by atoms with Crippen molar-refractivity contribution in [1.82, 2.24) is 9.78 Å². The summed E-state index contributed by atoms with van der Waals surface area (Å²) >= 11 is 0. The largest absolute Gasteiger partial charge is 0.497 e. The molecule has 0 N–H and O–H groups in total. The normalized spacial score (nSPS) is 11.8. The van der Waals surface area contributed by atoms with Crippen LogP contribution in [0.1, 0.15) is 38.8 Å². The molecule has 0 aliphatic carbocycles. The van der Waals surface area contributed by atoms with E-state index in [1.165, 1.54) is 16.7 Å². The van der Waals surface area contributed by atoms with E-state index in [4.69, 9.17) is 14.6 Å². The van der Waals surface area contributed by atoms with E-state index in [1.807, 2.05) is 29.9 Å². The molecule has 0 spiro atoms. The van der Waals surface area contributed by atoms with Crippen molar-refractivity contribution in [3.8, 4) is 22.6 Å². The van der Waals surface area contributed by atoms with Gasteiger partial charge >= 0.3 is 0 Å². The number of hydrogen-bond donors (Lipinski definition) is 0. The fraction of sp³-hybridized carbons (Fsp3) is 0.348. The summed E-state index contributed by atoms with van der Waals surface area (Å²) in [5.41, 5.74) is 5.66. The van der Waals surface area contributed by atoms with Crippen LogP contribution >= 0.6 is 0 Å².